The second-order valence-corrected chi connectivity index (χ2v) is 4.81. The Morgan fingerprint density at radius 2 is 1.76 bits per heavy atom. The van der Waals surface area contributed by atoms with Crippen LogP contribution in [0.5, 0.6) is 11.5 Å². The molecule has 0 aliphatic carbocycles. The van der Waals surface area contributed by atoms with Crippen molar-refractivity contribution in [2.75, 3.05) is 13.2 Å². The number of halogens is 1. The highest BCUT2D eigenvalue weighted by Crippen LogP contribution is 2.18. The van der Waals surface area contributed by atoms with E-state index in [9.17, 15) is 4.39 Å². The first kappa shape index (κ1) is 15.3. The number of ether oxygens (including phenoxy) is 2. The molecule has 2 aromatic carbocycles. The third kappa shape index (κ3) is 4.72. The molecule has 21 heavy (non-hydrogen) atoms. The van der Waals surface area contributed by atoms with Gasteiger partial charge in [-0.15, -0.1) is 0 Å². The average Bonchev–Trinajstić information content (AvgIpc) is 2.49. The Labute approximate surface area is 128 Å². The molecular weight excluding hydrogens is 289 g/mol. The molecule has 0 aliphatic rings. The zero-order valence-electron chi connectivity index (χ0n) is 11.4. The number of thiocarbonyl (C=S) groups is 1. The van der Waals surface area contributed by atoms with Gasteiger partial charge in [-0.1, -0.05) is 30.4 Å². The lowest BCUT2D eigenvalue weighted by atomic mass is 10.2. The summed E-state index contributed by atoms with van der Waals surface area (Å²) in [6.07, 6.45) is 0.658. The molecule has 5 heteroatoms. The predicted molar refractivity (Wildman–Crippen MR) is 84.3 cm³/mol. The van der Waals surface area contributed by atoms with Gasteiger partial charge in [0.05, 0.1) is 13.2 Å². The van der Waals surface area contributed by atoms with E-state index in [1.165, 1.54) is 12.1 Å². The zero-order chi connectivity index (χ0) is 15.1. The van der Waals surface area contributed by atoms with Crippen molar-refractivity contribution in [2.45, 2.75) is 6.42 Å². The molecule has 0 fully saturated rings. The molecule has 0 heterocycles. The molecule has 0 aromatic heterocycles. The highest BCUT2D eigenvalue weighted by atomic mass is 32.1. The van der Waals surface area contributed by atoms with Crippen LogP contribution in [-0.2, 0) is 0 Å². The Morgan fingerprint density at radius 1 is 1.05 bits per heavy atom. The molecule has 110 valence electrons. The minimum absolute atomic E-state index is 0.164. The number of hydrogen-bond acceptors (Lipinski definition) is 3. The Morgan fingerprint density at radius 3 is 2.43 bits per heavy atom. The topological polar surface area (TPSA) is 44.5 Å². The largest absolute Gasteiger partial charge is 0.493 e. The van der Waals surface area contributed by atoms with Crippen LogP contribution < -0.4 is 15.2 Å². The molecule has 2 aromatic rings. The van der Waals surface area contributed by atoms with Gasteiger partial charge >= 0.3 is 0 Å². The molecule has 0 unspecified atom stereocenters. The van der Waals surface area contributed by atoms with Gasteiger partial charge < -0.3 is 15.2 Å². The summed E-state index contributed by atoms with van der Waals surface area (Å²) in [6.45, 7) is 0.882. The van der Waals surface area contributed by atoms with Crippen molar-refractivity contribution in [3.05, 3.63) is 59.9 Å². The van der Waals surface area contributed by atoms with Crippen molar-refractivity contribution in [2.24, 2.45) is 5.73 Å². The number of hydrogen-bond donors (Lipinski definition) is 1. The maximum Gasteiger partial charge on any atom is 0.165 e. The molecule has 2 rings (SSSR count). The van der Waals surface area contributed by atoms with Gasteiger partial charge in [-0.2, -0.15) is 0 Å². The Kier molecular flexibility index (Phi) is 5.51. The van der Waals surface area contributed by atoms with E-state index in [0.717, 1.165) is 5.75 Å². The molecule has 0 spiro atoms. The summed E-state index contributed by atoms with van der Waals surface area (Å²) in [6, 6.07) is 14.0. The Balaban J connectivity index is 1.75. The summed E-state index contributed by atoms with van der Waals surface area (Å²) in [7, 11) is 0. The van der Waals surface area contributed by atoms with Crippen molar-refractivity contribution >= 4 is 17.2 Å². The molecule has 3 nitrogen and oxygen atoms in total. The second kappa shape index (κ2) is 7.59. The third-order valence-electron chi connectivity index (χ3n) is 2.77. The number of rotatable bonds is 7. The second-order valence-electron chi connectivity index (χ2n) is 4.37. The third-order valence-corrected chi connectivity index (χ3v) is 3.01. The lowest BCUT2D eigenvalue weighted by Gasteiger charge is -2.09. The first-order valence-electron chi connectivity index (χ1n) is 6.57. The van der Waals surface area contributed by atoms with Gasteiger partial charge in [-0.25, -0.2) is 4.39 Å². The molecule has 0 radical (unpaired) electrons. The first-order valence-corrected chi connectivity index (χ1v) is 6.97. The lowest BCUT2D eigenvalue weighted by molar-refractivity contribution is 0.241. The smallest absolute Gasteiger partial charge is 0.165 e. The van der Waals surface area contributed by atoms with Crippen LogP contribution >= 0.6 is 12.2 Å². The van der Waals surface area contributed by atoms with Gasteiger partial charge in [0, 0.05) is 12.0 Å². The van der Waals surface area contributed by atoms with E-state index in [0.29, 0.717) is 25.2 Å². The van der Waals surface area contributed by atoms with Crippen LogP contribution in [0.2, 0.25) is 0 Å². The van der Waals surface area contributed by atoms with E-state index < -0.39 is 5.82 Å². The van der Waals surface area contributed by atoms with Crippen LogP contribution in [0.1, 0.15) is 12.0 Å². The van der Waals surface area contributed by atoms with Crippen molar-refractivity contribution in [3.8, 4) is 11.5 Å². The first-order chi connectivity index (χ1) is 10.2. The average molecular weight is 305 g/mol. The maximum atomic E-state index is 13.7. The van der Waals surface area contributed by atoms with Gasteiger partial charge in [-0.05, 0) is 30.3 Å². The van der Waals surface area contributed by atoms with Gasteiger partial charge in [0.15, 0.2) is 11.6 Å². The standard InChI is InChI=1S/C16H16FNO2S/c17-14-11-12(16(18)21)7-8-15(14)20-10-4-9-19-13-5-2-1-3-6-13/h1-3,5-8,11H,4,9-10H2,(H2,18,21). The summed E-state index contributed by atoms with van der Waals surface area (Å²) in [4.78, 5) is 0.164. The summed E-state index contributed by atoms with van der Waals surface area (Å²) >= 11 is 4.79. The van der Waals surface area contributed by atoms with Crippen LogP contribution in [0.25, 0.3) is 0 Å². The molecule has 0 bridgehead atoms. The summed E-state index contributed by atoms with van der Waals surface area (Å²) in [5.74, 6) is 0.531. The van der Waals surface area contributed by atoms with Crippen LogP contribution in [-0.4, -0.2) is 18.2 Å². The van der Waals surface area contributed by atoms with E-state index in [4.69, 9.17) is 27.4 Å². The highest BCUT2D eigenvalue weighted by Gasteiger charge is 2.06. The molecule has 0 amide bonds. The van der Waals surface area contributed by atoms with E-state index in [-0.39, 0.29) is 10.7 Å². The van der Waals surface area contributed by atoms with E-state index in [1.807, 2.05) is 30.3 Å². The Bertz CT molecular complexity index is 604. The van der Waals surface area contributed by atoms with E-state index in [2.05, 4.69) is 0 Å². The van der Waals surface area contributed by atoms with Crippen LogP contribution in [0.3, 0.4) is 0 Å². The van der Waals surface area contributed by atoms with E-state index in [1.54, 1.807) is 6.07 Å². The van der Waals surface area contributed by atoms with Crippen LogP contribution in [0.15, 0.2) is 48.5 Å². The lowest BCUT2D eigenvalue weighted by Crippen LogP contribution is -2.10. The minimum Gasteiger partial charge on any atom is -0.493 e. The summed E-state index contributed by atoms with van der Waals surface area (Å²) < 4.78 is 24.6. The maximum absolute atomic E-state index is 13.7. The number of para-hydroxylation sites is 1. The molecule has 0 atom stereocenters. The quantitative estimate of drug-likeness (QED) is 0.629. The van der Waals surface area contributed by atoms with Gasteiger partial charge in [0.1, 0.15) is 10.7 Å². The zero-order valence-corrected chi connectivity index (χ0v) is 12.2. The minimum atomic E-state index is -0.468. The normalized spacial score (nSPS) is 10.1. The molecule has 2 N–H and O–H groups in total. The van der Waals surface area contributed by atoms with Gasteiger partial charge in [0.25, 0.3) is 0 Å². The van der Waals surface area contributed by atoms with Crippen LogP contribution in [0, 0.1) is 5.82 Å². The molecule has 0 saturated heterocycles. The van der Waals surface area contributed by atoms with Crippen molar-refractivity contribution in [1.82, 2.24) is 0 Å². The predicted octanol–water partition coefficient (Wildman–Crippen LogP) is 3.31. The fraction of sp³-hybridized carbons (Fsp3) is 0.188. The van der Waals surface area contributed by atoms with Gasteiger partial charge in [0.2, 0.25) is 0 Å². The molecular formula is C16H16FNO2S. The Hall–Kier alpha value is -2.14. The molecule has 0 saturated carbocycles. The highest BCUT2D eigenvalue weighted by molar-refractivity contribution is 7.80. The summed E-state index contributed by atoms with van der Waals surface area (Å²) in [5.41, 5.74) is 5.92. The van der Waals surface area contributed by atoms with E-state index >= 15 is 0 Å². The SMILES string of the molecule is NC(=S)c1ccc(OCCCOc2ccccc2)c(F)c1. The fourth-order valence-electron chi connectivity index (χ4n) is 1.72. The van der Waals surface area contributed by atoms with Crippen molar-refractivity contribution in [3.63, 3.8) is 0 Å². The van der Waals surface area contributed by atoms with Crippen LogP contribution in [0.4, 0.5) is 4.39 Å². The monoisotopic (exact) mass is 305 g/mol. The number of benzene rings is 2. The summed E-state index contributed by atoms with van der Waals surface area (Å²) in [5, 5.41) is 0. The van der Waals surface area contributed by atoms with Crippen molar-refractivity contribution < 1.29 is 13.9 Å². The molecule has 0 aliphatic heterocycles. The number of nitrogens with two attached hydrogens (primary N) is 1. The fourth-order valence-corrected chi connectivity index (χ4v) is 1.85. The van der Waals surface area contributed by atoms with Gasteiger partial charge in [-0.3, -0.25) is 0 Å². The van der Waals surface area contributed by atoms with Crippen molar-refractivity contribution in [1.29, 1.82) is 0 Å².